The van der Waals surface area contributed by atoms with Gasteiger partial charge in [-0.2, -0.15) is 0 Å². The lowest BCUT2D eigenvalue weighted by atomic mass is 10.1. The number of carbonyl (C=O) groups is 1. The number of H-pyrrole nitrogens is 1. The zero-order chi connectivity index (χ0) is 20.8. The molecule has 3 rings (SSSR count). The first kappa shape index (κ1) is 21.0. The van der Waals surface area contributed by atoms with Gasteiger partial charge in [0, 0.05) is 5.02 Å². The van der Waals surface area contributed by atoms with Crippen molar-refractivity contribution in [3.8, 4) is 11.5 Å². The van der Waals surface area contributed by atoms with Crippen LogP contribution in [0.4, 0.5) is 5.69 Å². The minimum Gasteiger partial charge on any atom is -0.495 e. The zero-order valence-electron chi connectivity index (χ0n) is 16.3. The molecule has 0 spiro atoms. The van der Waals surface area contributed by atoms with Crippen LogP contribution in [0.1, 0.15) is 17.0 Å². The Morgan fingerprint density at radius 1 is 1.24 bits per heavy atom. The van der Waals surface area contributed by atoms with Crippen LogP contribution < -0.4 is 14.8 Å². The van der Waals surface area contributed by atoms with E-state index in [4.69, 9.17) is 21.1 Å². The summed E-state index contributed by atoms with van der Waals surface area (Å²) in [5, 5.41) is 10.7. The Labute approximate surface area is 178 Å². The minimum atomic E-state index is -0.214. The number of para-hydroxylation sites is 1. The fourth-order valence-corrected chi connectivity index (χ4v) is 3.46. The molecule has 3 aromatic rings. The third-order valence-corrected chi connectivity index (χ3v) is 5.12. The number of carbonyl (C=O) groups excluding carboxylic acids is 1. The van der Waals surface area contributed by atoms with Crippen LogP contribution >= 0.6 is 23.4 Å². The third-order valence-electron chi connectivity index (χ3n) is 4.04. The Morgan fingerprint density at radius 3 is 2.72 bits per heavy atom. The van der Waals surface area contributed by atoms with Gasteiger partial charge in [0.2, 0.25) is 11.1 Å². The van der Waals surface area contributed by atoms with Gasteiger partial charge in [0.1, 0.15) is 18.1 Å². The quantitative estimate of drug-likeness (QED) is 0.513. The van der Waals surface area contributed by atoms with E-state index in [1.807, 2.05) is 32.0 Å². The van der Waals surface area contributed by atoms with E-state index in [1.54, 1.807) is 18.2 Å². The molecule has 0 aliphatic rings. The van der Waals surface area contributed by atoms with Crippen molar-refractivity contribution in [1.29, 1.82) is 0 Å². The first-order valence-corrected chi connectivity index (χ1v) is 10.2. The molecule has 0 saturated heterocycles. The maximum Gasteiger partial charge on any atom is 0.234 e. The van der Waals surface area contributed by atoms with Gasteiger partial charge in [0.05, 0.1) is 18.6 Å². The first-order chi connectivity index (χ1) is 14.0. The van der Waals surface area contributed by atoms with E-state index in [-0.39, 0.29) is 18.3 Å². The van der Waals surface area contributed by atoms with Gasteiger partial charge in [-0.1, -0.05) is 41.6 Å². The molecule has 2 N–H and O–H groups in total. The van der Waals surface area contributed by atoms with Gasteiger partial charge in [0.15, 0.2) is 5.82 Å². The number of aryl methyl sites for hydroxylation is 2. The molecular weight excluding hydrogens is 412 g/mol. The Bertz CT molecular complexity index is 989. The summed E-state index contributed by atoms with van der Waals surface area (Å²) in [7, 11) is 1.53. The van der Waals surface area contributed by atoms with Crippen LogP contribution in [0.25, 0.3) is 0 Å². The summed E-state index contributed by atoms with van der Waals surface area (Å²) in [6, 6.07) is 11.0. The molecule has 0 aliphatic heterocycles. The van der Waals surface area contributed by atoms with Gasteiger partial charge in [-0.25, -0.2) is 4.98 Å². The summed E-state index contributed by atoms with van der Waals surface area (Å²) in [6.45, 7) is 4.26. The summed E-state index contributed by atoms with van der Waals surface area (Å²) in [6.07, 6.45) is 0. The number of aromatic nitrogens is 3. The summed E-state index contributed by atoms with van der Waals surface area (Å²) in [5.74, 6) is 1.90. The molecule has 1 amide bonds. The molecule has 0 saturated carbocycles. The molecule has 9 heteroatoms. The number of rotatable bonds is 8. The predicted molar refractivity (Wildman–Crippen MR) is 114 cm³/mol. The van der Waals surface area contributed by atoms with Crippen molar-refractivity contribution >= 4 is 35.0 Å². The highest BCUT2D eigenvalue weighted by Gasteiger charge is 2.12. The molecule has 7 nitrogen and oxygen atoms in total. The van der Waals surface area contributed by atoms with Crippen molar-refractivity contribution < 1.29 is 14.3 Å². The second-order valence-electron chi connectivity index (χ2n) is 6.26. The first-order valence-electron chi connectivity index (χ1n) is 8.82. The van der Waals surface area contributed by atoms with Crippen LogP contribution in [0, 0.1) is 13.8 Å². The molecule has 1 aromatic heterocycles. The number of halogens is 1. The highest BCUT2D eigenvalue weighted by atomic mass is 35.5. The van der Waals surface area contributed by atoms with Crippen LogP contribution in [-0.4, -0.2) is 34.0 Å². The second-order valence-corrected chi connectivity index (χ2v) is 7.63. The highest BCUT2D eigenvalue weighted by Crippen LogP contribution is 2.28. The van der Waals surface area contributed by atoms with Crippen molar-refractivity contribution in [1.82, 2.24) is 15.2 Å². The van der Waals surface area contributed by atoms with Crippen LogP contribution in [0.15, 0.2) is 41.6 Å². The van der Waals surface area contributed by atoms with Crippen LogP contribution in [0.5, 0.6) is 11.5 Å². The maximum atomic E-state index is 12.2. The molecule has 0 aliphatic carbocycles. The van der Waals surface area contributed by atoms with Gasteiger partial charge >= 0.3 is 0 Å². The summed E-state index contributed by atoms with van der Waals surface area (Å²) < 4.78 is 11.1. The molecule has 0 unspecified atom stereocenters. The number of ether oxygens (including phenoxy) is 2. The Hall–Kier alpha value is -2.71. The fraction of sp³-hybridized carbons (Fsp3) is 0.250. The number of methoxy groups -OCH3 is 1. The van der Waals surface area contributed by atoms with Gasteiger partial charge in [0.25, 0.3) is 0 Å². The number of benzene rings is 2. The molecule has 0 atom stereocenters. The monoisotopic (exact) mass is 432 g/mol. The lowest BCUT2D eigenvalue weighted by Gasteiger charge is -2.10. The SMILES string of the molecule is COc1ccc(Cl)cc1NC(=O)CSc1n[nH]c(COc2c(C)cccc2C)n1. The molecule has 152 valence electrons. The summed E-state index contributed by atoms with van der Waals surface area (Å²) >= 11 is 7.20. The molecule has 0 fully saturated rings. The zero-order valence-corrected chi connectivity index (χ0v) is 17.9. The van der Waals surface area contributed by atoms with E-state index in [2.05, 4.69) is 20.5 Å². The molecule has 0 radical (unpaired) electrons. The number of hydrogen-bond acceptors (Lipinski definition) is 6. The van der Waals surface area contributed by atoms with Crippen molar-refractivity contribution in [2.45, 2.75) is 25.6 Å². The average molecular weight is 433 g/mol. The molecule has 2 aromatic carbocycles. The van der Waals surface area contributed by atoms with Gasteiger partial charge < -0.3 is 14.8 Å². The predicted octanol–water partition coefficient (Wildman–Crippen LogP) is 4.39. The normalized spacial score (nSPS) is 10.6. The lowest BCUT2D eigenvalue weighted by molar-refractivity contribution is -0.113. The van der Waals surface area contributed by atoms with E-state index < -0.39 is 0 Å². The Balaban J connectivity index is 1.53. The standard InChI is InChI=1S/C20H21ClN4O3S/c1-12-5-4-6-13(2)19(12)28-10-17-23-20(25-24-17)29-11-18(26)22-15-9-14(21)7-8-16(15)27-3/h4-9H,10-11H2,1-3H3,(H,22,26)(H,23,24,25). The van der Waals surface area contributed by atoms with Gasteiger partial charge in [-0.15, -0.1) is 5.10 Å². The highest BCUT2D eigenvalue weighted by molar-refractivity contribution is 7.99. The van der Waals surface area contributed by atoms with Crippen molar-refractivity contribution in [3.05, 3.63) is 58.4 Å². The van der Waals surface area contributed by atoms with Crippen molar-refractivity contribution in [2.24, 2.45) is 0 Å². The van der Waals surface area contributed by atoms with Gasteiger partial charge in [-0.3, -0.25) is 9.89 Å². The molecule has 0 bridgehead atoms. The smallest absolute Gasteiger partial charge is 0.234 e. The number of aromatic amines is 1. The average Bonchev–Trinajstić information content (AvgIpc) is 3.14. The molecular formula is C20H21ClN4O3S. The minimum absolute atomic E-state index is 0.144. The number of anilines is 1. The van der Waals surface area contributed by atoms with Crippen LogP contribution in [0.3, 0.4) is 0 Å². The Morgan fingerprint density at radius 2 is 2.00 bits per heavy atom. The van der Waals surface area contributed by atoms with Gasteiger partial charge in [-0.05, 0) is 43.2 Å². The number of amides is 1. The van der Waals surface area contributed by atoms with E-state index in [1.165, 1.54) is 18.9 Å². The second kappa shape index (κ2) is 9.67. The Kier molecular flexibility index (Phi) is 7.00. The van der Waals surface area contributed by atoms with Crippen LogP contribution in [-0.2, 0) is 11.4 Å². The molecule has 29 heavy (non-hydrogen) atoms. The number of thioether (sulfide) groups is 1. The number of nitrogens with one attached hydrogen (secondary N) is 2. The van der Waals surface area contributed by atoms with Crippen molar-refractivity contribution in [3.63, 3.8) is 0 Å². The summed E-state index contributed by atoms with van der Waals surface area (Å²) in [5.41, 5.74) is 2.64. The topological polar surface area (TPSA) is 89.1 Å². The summed E-state index contributed by atoms with van der Waals surface area (Å²) in [4.78, 5) is 16.6. The van der Waals surface area contributed by atoms with E-state index in [0.29, 0.717) is 27.4 Å². The number of hydrogen-bond donors (Lipinski definition) is 2. The van der Waals surface area contributed by atoms with E-state index in [0.717, 1.165) is 16.9 Å². The molecule has 1 heterocycles. The van der Waals surface area contributed by atoms with Crippen molar-refractivity contribution in [2.75, 3.05) is 18.2 Å². The van der Waals surface area contributed by atoms with E-state index in [9.17, 15) is 4.79 Å². The van der Waals surface area contributed by atoms with E-state index >= 15 is 0 Å². The maximum absolute atomic E-state index is 12.2. The fourth-order valence-electron chi connectivity index (χ4n) is 2.67. The third kappa shape index (κ3) is 5.65. The number of nitrogens with zero attached hydrogens (tertiary/aromatic N) is 2. The lowest BCUT2D eigenvalue weighted by Crippen LogP contribution is -2.14. The van der Waals surface area contributed by atoms with Crippen LogP contribution in [0.2, 0.25) is 5.02 Å². The largest absolute Gasteiger partial charge is 0.495 e.